The van der Waals surface area contributed by atoms with Gasteiger partial charge in [-0.05, 0) is 62.8 Å². The number of nitrogens with zero attached hydrogens (tertiary/aromatic N) is 4. The summed E-state index contributed by atoms with van der Waals surface area (Å²) in [6.07, 6.45) is 5.48. The Labute approximate surface area is 168 Å². The molecule has 6 nitrogen and oxygen atoms in total. The van der Waals surface area contributed by atoms with E-state index in [1.165, 1.54) is 0 Å². The third kappa shape index (κ3) is 3.28. The van der Waals surface area contributed by atoms with E-state index in [0.29, 0.717) is 4.90 Å². The molecule has 2 unspecified atom stereocenters. The molecule has 7 heteroatoms. The van der Waals surface area contributed by atoms with Crippen molar-refractivity contribution < 1.29 is 8.42 Å². The van der Waals surface area contributed by atoms with Gasteiger partial charge in [0.2, 0.25) is 10.0 Å². The largest absolute Gasteiger partial charge is 0.249 e. The van der Waals surface area contributed by atoms with Gasteiger partial charge in [-0.3, -0.25) is 0 Å². The monoisotopic (exact) mass is 402 g/mol. The highest BCUT2D eigenvalue weighted by atomic mass is 32.2. The van der Waals surface area contributed by atoms with Crippen LogP contribution in [0.4, 0.5) is 0 Å². The zero-order valence-electron chi connectivity index (χ0n) is 17.4. The second-order valence-electron chi connectivity index (χ2n) is 9.43. The van der Waals surface area contributed by atoms with Crippen LogP contribution in [0.15, 0.2) is 29.3 Å². The van der Waals surface area contributed by atoms with Gasteiger partial charge in [-0.15, -0.1) is 5.10 Å². The number of piperidine rings is 1. The summed E-state index contributed by atoms with van der Waals surface area (Å²) >= 11 is 0. The summed E-state index contributed by atoms with van der Waals surface area (Å²) in [6, 6.07) is 5.75. The Morgan fingerprint density at radius 3 is 2.18 bits per heavy atom. The van der Waals surface area contributed by atoms with Crippen molar-refractivity contribution >= 4 is 10.0 Å². The molecule has 2 bridgehead atoms. The Bertz CT molecular complexity index is 976. The average Bonchev–Trinajstić information content (AvgIpc) is 3.21. The molecule has 2 aromatic rings. The Morgan fingerprint density at radius 2 is 1.64 bits per heavy atom. The van der Waals surface area contributed by atoms with E-state index >= 15 is 0 Å². The number of aryl methyl sites for hydroxylation is 2. The van der Waals surface area contributed by atoms with Crippen molar-refractivity contribution in [1.82, 2.24) is 19.3 Å². The van der Waals surface area contributed by atoms with Gasteiger partial charge in [-0.1, -0.05) is 32.1 Å². The minimum atomic E-state index is -3.47. The van der Waals surface area contributed by atoms with Crippen molar-refractivity contribution in [3.05, 3.63) is 41.2 Å². The standard InChI is InChI=1S/C21H30N4O2S/c1-14-6-9-19(10-15(14)2)28(26,27)25-16-7-8-17(25)12-18(11-16)24-13-20(22-23-24)21(3,4)5/h6,9-10,13,16-18H,7-8,11-12H2,1-5H3. The Balaban J connectivity index is 1.59. The second kappa shape index (κ2) is 6.66. The first-order valence-corrected chi connectivity index (χ1v) is 11.5. The summed E-state index contributed by atoms with van der Waals surface area (Å²) in [5, 5.41) is 8.72. The van der Waals surface area contributed by atoms with E-state index in [1.54, 1.807) is 10.4 Å². The van der Waals surface area contributed by atoms with Crippen LogP contribution in [0, 0.1) is 13.8 Å². The van der Waals surface area contributed by atoms with Gasteiger partial charge in [0.05, 0.1) is 16.6 Å². The van der Waals surface area contributed by atoms with Gasteiger partial charge in [0, 0.05) is 23.7 Å². The van der Waals surface area contributed by atoms with Crippen LogP contribution in [0.25, 0.3) is 0 Å². The van der Waals surface area contributed by atoms with Crippen LogP contribution in [0.1, 0.15) is 69.3 Å². The topological polar surface area (TPSA) is 68.1 Å². The molecule has 1 aromatic heterocycles. The molecule has 2 atom stereocenters. The lowest BCUT2D eigenvalue weighted by atomic mass is 9.93. The first kappa shape index (κ1) is 19.6. The van der Waals surface area contributed by atoms with Crippen molar-refractivity contribution in [1.29, 1.82) is 0 Å². The second-order valence-corrected chi connectivity index (χ2v) is 11.3. The minimum Gasteiger partial charge on any atom is -0.249 e. The number of fused-ring (bicyclic) bond motifs is 2. The Hall–Kier alpha value is -1.73. The number of hydrogen-bond acceptors (Lipinski definition) is 4. The fraction of sp³-hybridized carbons (Fsp3) is 0.619. The van der Waals surface area contributed by atoms with Crippen molar-refractivity contribution in [2.45, 2.75) is 88.7 Å². The van der Waals surface area contributed by atoms with Crippen molar-refractivity contribution in [3.8, 4) is 0 Å². The molecular formula is C21H30N4O2S. The molecule has 2 aliphatic heterocycles. The van der Waals surface area contributed by atoms with Crippen LogP contribution >= 0.6 is 0 Å². The number of rotatable bonds is 3. The summed E-state index contributed by atoms with van der Waals surface area (Å²) in [7, 11) is -3.47. The highest BCUT2D eigenvalue weighted by molar-refractivity contribution is 7.89. The highest BCUT2D eigenvalue weighted by Gasteiger charge is 2.48. The third-order valence-electron chi connectivity index (χ3n) is 6.35. The van der Waals surface area contributed by atoms with Gasteiger partial charge in [0.15, 0.2) is 0 Å². The molecule has 0 aliphatic carbocycles. The van der Waals surface area contributed by atoms with Gasteiger partial charge >= 0.3 is 0 Å². The van der Waals surface area contributed by atoms with E-state index in [0.717, 1.165) is 42.5 Å². The summed E-state index contributed by atoms with van der Waals surface area (Å²) in [4.78, 5) is 0.418. The van der Waals surface area contributed by atoms with Gasteiger partial charge in [-0.25, -0.2) is 13.1 Å². The molecule has 1 aromatic carbocycles. The molecule has 0 N–H and O–H groups in total. The zero-order chi connectivity index (χ0) is 20.3. The molecule has 0 amide bonds. The predicted molar refractivity (Wildman–Crippen MR) is 109 cm³/mol. The number of aromatic nitrogens is 3. The van der Waals surface area contributed by atoms with E-state index in [1.807, 2.05) is 36.9 Å². The van der Waals surface area contributed by atoms with E-state index < -0.39 is 10.0 Å². The lowest BCUT2D eigenvalue weighted by molar-refractivity contribution is 0.183. The van der Waals surface area contributed by atoms with Crippen molar-refractivity contribution in [2.75, 3.05) is 0 Å². The van der Waals surface area contributed by atoms with Crippen LogP contribution in [0.3, 0.4) is 0 Å². The fourth-order valence-corrected chi connectivity index (χ4v) is 6.49. The minimum absolute atomic E-state index is 0.0371. The predicted octanol–water partition coefficient (Wildman–Crippen LogP) is 3.75. The van der Waals surface area contributed by atoms with Gasteiger partial charge in [0.25, 0.3) is 0 Å². The lowest BCUT2D eigenvalue weighted by Crippen LogP contribution is -2.46. The molecule has 28 heavy (non-hydrogen) atoms. The van der Waals surface area contributed by atoms with E-state index in [2.05, 4.69) is 31.1 Å². The highest BCUT2D eigenvalue weighted by Crippen LogP contribution is 2.43. The quantitative estimate of drug-likeness (QED) is 0.784. The molecule has 0 saturated carbocycles. The van der Waals surface area contributed by atoms with Crippen molar-refractivity contribution in [2.24, 2.45) is 0 Å². The first-order valence-electron chi connectivity index (χ1n) is 10.1. The van der Waals surface area contributed by atoms with E-state index in [9.17, 15) is 8.42 Å². The van der Waals surface area contributed by atoms with Gasteiger partial charge in [0.1, 0.15) is 0 Å². The summed E-state index contributed by atoms with van der Waals surface area (Å²) in [6.45, 7) is 10.4. The summed E-state index contributed by atoms with van der Waals surface area (Å²) < 4.78 is 30.5. The molecular weight excluding hydrogens is 372 g/mol. The van der Waals surface area contributed by atoms with Gasteiger partial charge < -0.3 is 0 Å². The molecule has 2 aliphatic rings. The molecule has 2 fully saturated rings. The van der Waals surface area contributed by atoms with Crippen LogP contribution < -0.4 is 0 Å². The normalized spacial score (nSPS) is 26.0. The van der Waals surface area contributed by atoms with Crippen molar-refractivity contribution in [3.63, 3.8) is 0 Å². The van der Waals surface area contributed by atoms with Crippen LogP contribution in [-0.2, 0) is 15.4 Å². The maximum Gasteiger partial charge on any atom is 0.243 e. The molecule has 0 radical (unpaired) electrons. The smallest absolute Gasteiger partial charge is 0.243 e. The van der Waals surface area contributed by atoms with E-state index in [4.69, 9.17) is 0 Å². The van der Waals surface area contributed by atoms with Crippen LogP contribution in [0.2, 0.25) is 0 Å². The van der Waals surface area contributed by atoms with E-state index in [-0.39, 0.29) is 23.5 Å². The molecule has 152 valence electrons. The first-order chi connectivity index (χ1) is 13.1. The van der Waals surface area contributed by atoms with Crippen LogP contribution in [-0.4, -0.2) is 39.8 Å². The SMILES string of the molecule is Cc1ccc(S(=O)(=O)N2C3CCC2CC(n2cc(C(C)(C)C)nn2)C3)cc1C. The Kier molecular flexibility index (Phi) is 4.66. The number of hydrogen-bond donors (Lipinski definition) is 0. The maximum atomic E-state index is 13.4. The van der Waals surface area contributed by atoms with Gasteiger partial charge in [-0.2, -0.15) is 4.31 Å². The summed E-state index contributed by atoms with van der Waals surface area (Å²) in [5.41, 5.74) is 3.07. The molecule has 2 saturated heterocycles. The molecule has 4 rings (SSSR count). The summed E-state index contributed by atoms with van der Waals surface area (Å²) in [5.74, 6) is 0. The third-order valence-corrected chi connectivity index (χ3v) is 8.35. The number of benzene rings is 1. The molecule has 3 heterocycles. The Morgan fingerprint density at radius 1 is 1.00 bits per heavy atom. The fourth-order valence-electron chi connectivity index (χ4n) is 4.51. The lowest BCUT2D eigenvalue weighted by Gasteiger charge is -2.37. The van der Waals surface area contributed by atoms with Crippen LogP contribution in [0.5, 0.6) is 0 Å². The average molecular weight is 403 g/mol. The zero-order valence-corrected chi connectivity index (χ0v) is 18.2. The molecule has 0 spiro atoms. The maximum absolute atomic E-state index is 13.4. The number of sulfonamides is 1.